The molecule has 66 valence electrons. The summed E-state index contributed by atoms with van der Waals surface area (Å²) in [6, 6.07) is 1.59. The van der Waals surface area contributed by atoms with E-state index in [-0.39, 0.29) is 5.60 Å². The molecule has 1 heterocycles. The molecule has 1 rings (SSSR count). The van der Waals surface area contributed by atoms with Crippen molar-refractivity contribution in [3.8, 4) is 5.88 Å². The maximum absolute atomic E-state index is 5.64. The SMILES string of the molecule is CC(C)(C)Oc1cc(Cl)ncn1. The average Bonchev–Trinajstić information content (AvgIpc) is 1.82. The lowest BCUT2D eigenvalue weighted by molar-refractivity contribution is 0.124. The number of nitrogens with zero attached hydrogens (tertiary/aromatic N) is 2. The molecule has 0 spiro atoms. The Morgan fingerprint density at radius 1 is 1.33 bits per heavy atom. The summed E-state index contributed by atoms with van der Waals surface area (Å²) in [5.74, 6) is 0.502. The summed E-state index contributed by atoms with van der Waals surface area (Å²) in [7, 11) is 0. The Bertz CT molecular complexity index is 270. The van der Waals surface area contributed by atoms with Crippen molar-refractivity contribution >= 4 is 11.6 Å². The molecule has 1 aromatic rings. The molecular formula is C8H11ClN2O. The Morgan fingerprint density at radius 2 is 2.00 bits per heavy atom. The lowest BCUT2D eigenvalue weighted by atomic mass is 10.2. The van der Waals surface area contributed by atoms with Crippen molar-refractivity contribution in [3.63, 3.8) is 0 Å². The van der Waals surface area contributed by atoms with Gasteiger partial charge in [-0.2, -0.15) is 0 Å². The quantitative estimate of drug-likeness (QED) is 0.632. The number of ether oxygens (including phenoxy) is 1. The Morgan fingerprint density at radius 3 is 2.50 bits per heavy atom. The minimum atomic E-state index is -0.252. The highest BCUT2D eigenvalue weighted by Crippen LogP contribution is 2.16. The molecule has 4 heteroatoms. The maximum atomic E-state index is 5.64. The number of hydrogen-bond acceptors (Lipinski definition) is 3. The first kappa shape index (κ1) is 9.26. The van der Waals surface area contributed by atoms with E-state index in [1.54, 1.807) is 6.07 Å². The topological polar surface area (TPSA) is 35.0 Å². The van der Waals surface area contributed by atoms with Gasteiger partial charge in [0, 0.05) is 6.07 Å². The van der Waals surface area contributed by atoms with Crippen molar-refractivity contribution in [1.82, 2.24) is 9.97 Å². The number of halogens is 1. The molecule has 0 aromatic carbocycles. The van der Waals surface area contributed by atoms with Crippen LogP contribution in [0, 0.1) is 0 Å². The average molecular weight is 187 g/mol. The van der Waals surface area contributed by atoms with E-state index in [2.05, 4.69) is 9.97 Å². The molecule has 0 aliphatic rings. The second-order valence-corrected chi connectivity index (χ2v) is 3.78. The standard InChI is InChI=1S/C8H11ClN2O/c1-8(2,3)12-7-4-6(9)10-5-11-7/h4-5H,1-3H3. The van der Waals surface area contributed by atoms with E-state index in [1.807, 2.05) is 20.8 Å². The highest BCUT2D eigenvalue weighted by atomic mass is 35.5. The van der Waals surface area contributed by atoms with Crippen LogP contribution >= 0.6 is 11.6 Å². The molecule has 0 unspecified atom stereocenters. The summed E-state index contributed by atoms with van der Waals surface area (Å²) in [6.45, 7) is 5.84. The van der Waals surface area contributed by atoms with Gasteiger partial charge < -0.3 is 4.74 Å². The smallest absolute Gasteiger partial charge is 0.218 e. The molecule has 0 aliphatic heterocycles. The van der Waals surface area contributed by atoms with Crippen molar-refractivity contribution in [1.29, 1.82) is 0 Å². The highest BCUT2D eigenvalue weighted by Gasteiger charge is 2.12. The molecule has 12 heavy (non-hydrogen) atoms. The van der Waals surface area contributed by atoms with Crippen molar-refractivity contribution in [3.05, 3.63) is 17.5 Å². The van der Waals surface area contributed by atoms with Crippen molar-refractivity contribution in [2.75, 3.05) is 0 Å². The van der Waals surface area contributed by atoms with Gasteiger partial charge in [0.1, 0.15) is 17.1 Å². The predicted octanol–water partition coefficient (Wildman–Crippen LogP) is 2.31. The van der Waals surface area contributed by atoms with Crippen LogP contribution in [0.1, 0.15) is 20.8 Å². The molecule has 1 aromatic heterocycles. The van der Waals surface area contributed by atoms with Crippen LogP contribution in [0.4, 0.5) is 0 Å². The van der Waals surface area contributed by atoms with Crippen LogP contribution in [0.5, 0.6) is 5.88 Å². The Labute approximate surface area is 76.7 Å². The zero-order valence-corrected chi connectivity index (χ0v) is 8.09. The zero-order valence-electron chi connectivity index (χ0n) is 7.34. The first-order chi connectivity index (χ1) is 5.47. The summed E-state index contributed by atoms with van der Waals surface area (Å²) in [5.41, 5.74) is -0.252. The molecule has 0 atom stereocenters. The first-order valence-corrected chi connectivity index (χ1v) is 4.02. The van der Waals surface area contributed by atoms with E-state index < -0.39 is 0 Å². The van der Waals surface area contributed by atoms with E-state index in [0.717, 1.165) is 0 Å². The lowest BCUT2D eigenvalue weighted by Crippen LogP contribution is -2.23. The third-order valence-corrected chi connectivity index (χ3v) is 1.23. The van der Waals surface area contributed by atoms with Crippen LogP contribution in [-0.4, -0.2) is 15.6 Å². The number of aromatic nitrogens is 2. The van der Waals surface area contributed by atoms with Gasteiger partial charge in [-0.25, -0.2) is 9.97 Å². The van der Waals surface area contributed by atoms with Crippen LogP contribution < -0.4 is 4.74 Å². The van der Waals surface area contributed by atoms with Gasteiger partial charge in [-0.15, -0.1) is 0 Å². The van der Waals surface area contributed by atoms with Crippen LogP contribution in [0.3, 0.4) is 0 Å². The molecule has 0 saturated heterocycles. The number of rotatable bonds is 1. The van der Waals surface area contributed by atoms with Gasteiger partial charge in [0.15, 0.2) is 0 Å². The summed E-state index contributed by atoms with van der Waals surface area (Å²) in [6.07, 6.45) is 1.38. The summed E-state index contributed by atoms with van der Waals surface area (Å²) in [5, 5.41) is 0.393. The number of hydrogen-bond donors (Lipinski definition) is 0. The molecule has 0 aliphatic carbocycles. The third-order valence-electron chi connectivity index (χ3n) is 1.02. The third kappa shape index (κ3) is 3.05. The zero-order chi connectivity index (χ0) is 9.19. The Hall–Kier alpha value is -0.830. The molecule has 0 N–H and O–H groups in total. The van der Waals surface area contributed by atoms with Crippen LogP contribution in [0.25, 0.3) is 0 Å². The predicted molar refractivity (Wildman–Crippen MR) is 47.4 cm³/mol. The van der Waals surface area contributed by atoms with E-state index in [0.29, 0.717) is 11.0 Å². The van der Waals surface area contributed by atoms with E-state index in [4.69, 9.17) is 16.3 Å². The molecule has 0 fully saturated rings. The summed E-state index contributed by atoms with van der Waals surface area (Å²) < 4.78 is 5.45. The molecule has 0 saturated carbocycles. The second kappa shape index (κ2) is 3.27. The van der Waals surface area contributed by atoms with E-state index >= 15 is 0 Å². The first-order valence-electron chi connectivity index (χ1n) is 3.64. The molecule has 0 amide bonds. The van der Waals surface area contributed by atoms with Gasteiger partial charge in [-0.3, -0.25) is 0 Å². The minimum Gasteiger partial charge on any atom is -0.472 e. The van der Waals surface area contributed by atoms with Gasteiger partial charge in [-0.05, 0) is 20.8 Å². The summed E-state index contributed by atoms with van der Waals surface area (Å²) in [4.78, 5) is 7.65. The Balaban J connectivity index is 2.77. The monoisotopic (exact) mass is 186 g/mol. The van der Waals surface area contributed by atoms with Crippen molar-refractivity contribution in [2.45, 2.75) is 26.4 Å². The molecule has 0 radical (unpaired) electrons. The maximum Gasteiger partial charge on any atom is 0.218 e. The van der Waals surface area contributed by atoms with Gasteiger partial charge in [0.25, 0.3) is 0 Å². The van der Waals surface area contributed by atoms with Crippen molar-refractivity contribution < 1.29 is 4.74 Å². The molecular weight excluding hydrogens is 176 g/mol. The minimum absolute atomic E-state index is 0.252. The van der Waals surface area contributed by atoms with Gasteiger partial charge in [-0.1, -0.05) is 11.6 Å². The summed E-state index contributed by atoms with van der Waals surface area (Å²) >= 11 is 5.64. The fraction of sp³-hybridized carbons (Fsp3) is 0.500. The normalized spacial score (nSPS) is 11.3. The lowest BCUT2D eigenvalue weighted by Gasteiger charge is -2.19. The van der Waals surface area contributed by atoms with Crippen molar-refractivity contribution in [2.24, 2.45) is 0 Å². The van der Waals surface area contributed by atoms with E-state index in [9.17, 15) is 0 Å². The largest absolute Gasteiger partial charge is 0.472 e. The van der Waals surface area contributed by atoms with Gasteiger partial charge in [0.2, 0.25) is 5.88 Å². The fourth-order valence-electron chi connectivity index (χ4n) is 0.687. The van der Waals surface area contributed by atoms with E-state index in [1.165, 1.54) is 6.33 Å². The molecule has 0 bridgehead atoms. The highest BCUT2D eigenvalue weighted by molar-refractivity contribution is 6.29. The van der Waals surface area contributed by atoms with Crippen LogP contribution in [0.15, 0.2) is 12.4 Å². The second-order valence-electron chi connectivity index (χ2n) is 3.39. The van der Waals surface area contributed by atoms with Crippen LogP contribution in [-0.2, 0) is 0 Å². The van der Waals surface area contributed by atoms with Crippen LogP contribution in [0.2, 0.25) is 5.15 Å². The van der Waals surface area contributed by atoms with Gasteiger partial charge >= 0.3 is 0 Å². The fourth-order valence-corrected chi connectivity index (χ4v) is 0.824. The Kier molecular flexibility index (Phi) is 2.52. The molecule has 3 nitrogen and oxygen atoms in total. The van der Waals surface area contributed by atoms with Gasteiger partial charge in [0.05, 0.1) is 0 Å².